The van der Waals surface area contributed by atoms with Crippen molar-refractivity contribution < 1.29 is 49.8 Å². The lowest BCUT2D eigenvalue weighted by Gasteiger charge is -2.31. The average molecular weight is 601 g/mol. The molecule has 0 spiro atoms. The van der Waals surface area contributed by atoms with Crippen LogP contribution in [0.2, 0.25) is 0 Å². The smallest absolute Gasteiger partial charge is 0.492 e. The van der Waals surface area contributed by atoms with E-state index in [2.05, 4.69) is 11.3 Å². The molecule has 6 nitrogen and oxygen atoms in total. The van der Waals surface area contributed by atoms with Crippen LogP contribution in [-0.2, 0) is 16.0 Å². The minimum atomic E-state index is -5.01. The molecular formula is C30H30F6O6. The highest BCUT2D eigenvalue weighted by Gasteiger charge is 2.53. The Kier molecular flexibility index (Phi) is 10.0. The van der Waals surface area contributed by atoms with E-state index in [1.165, 1.54) is 43.3 Å². The summed E-state index contributed by atoms with van der Waals surface area (Å²) in [5.74, 6) is -1.62. The van der Waals surface area contributed by atoms with Crippen molar-refractivity contribution in [1.82, 2.24) is 0 Å². The predicted molar refractivity (Wildman–Crippen MR) is 143 cm³/mol. The van der Waals surface area contributed by atoms with E-state index >= 15 is 0 Å². The van der Waals surface area contributed by atoms with Crippen LogP contribution in [-0.4, -0.2) is 31.7 Å². The first kappa shape index (κ1) is 32.6. The Balaban J connectivity index is 1.90. The van der Waals surface area contributed by atoms with Crippen molar-refractivity contribution in [2.75, 3.05) is 13.2 Å². The number of halogens is 6. The molecule has 3 aromatic rings. The Bertz CT molecular complexity index is 1490. The number of hydrogen-bond acceptors (Lipinski definition) is 6. The number of alkyl halides is 6. The van der Waals surface area contributed by atoms with Gasteiger partial charge in [0.25, 0.3) is 0 Å². The number of esters is 1. The van der Waals surface area contributed by atoms with Crippen LogP contribution in [0.25, 0.3) is 22.1 Å². The fraction of sp³-hybridized carbons (Fsp3) is 0.400. The van der Waals surface area contributed by atoms with E-state index in [9.17, 15) is 35.9 Å². The van der Waals surface area contributed by atoms with Gasteiger partial charge in [0, 0.05) is 22.6 Å². The Morgan fingerprint density at radius 1 is 0.952 bits per heavy atom. The van der Waals surface area contributed by atoms with Crippen LogP contribution in [0, 0.1) is 5.41 Å². The minimum Gasteiger partial charge on any atom is -0.492 e. The van der Waals surface area contributed by atoms with Crippen molar-refractivity contribution in [1.29, 1.82) is 0 Å². The molecule has 2 aromatic carbocycles. The molecule has 0 aliphatic heterocycles. The zero-order chi connectivity index (χ0) is 31.3. The predicted octanol–water partition coefficient (Wildman–Crippen LogP) is 8.16. The van der Waals surface area contributed by atoms with Gasteiger partial charge in [0.05, 0.1) is 5.56 Å². The highest BCUT2D eigenvalue weighted by Crippen LogP contribution is 2.40. The summed E-state index contributed by atoms with van der Waals surface area (Å²) >= 11 is 0. The van der Waals surface area contributed by atoms with E-state index in [0.717, 1.165) is 26.2 Å². The van der Waals surface area contributed by atoms with Crippen LogP contribution in [0.15, 0.2) is 63.8 Å². The monoisotopic (exact) mass is 600 g/mol. The van der Waals surface area contributed by atoms with Crippen molar-refractivity contribution in [3.8, 4) is 22.6 Å². The standard InChI is InChI=1S/C30H30F6O6/c1-5-6-7-8-19-9-12-22(25(13-19)42-30(34,35)36)23-14-20-10-11-21(15-24(20)41-27(23)38)39-16-28(4,29(31,32)33)17-40-26(37)18(2)3/h9-15H,2,5-8,16-17H2,1,3-4H3. The van der Waals surface area contributed by atoms with Crippen LogP contribution in [0.3, 0.4) is 0 Å². The van der Waals surface area contributed by atoms with E-state index in [4.69, 9.17) is 13.9 Å². The van der Waals surface area contributed by atoms with Gasteiger partial charge in [-0.3, -0.25) is 0 Å². The lowest BCUT2D eigenvalue weighted by Crippen LogP contribution is -2.44. The quantitative estimate of drug-likeness (QED) is 0.0687. The molecule has 42 heavy (non-hydrogen) atoms. The summed E-state index contributed by atoms with van der Waals surface area (Å²) in [6.07, 6.45) is -6.68. The second-order valence-corrected chi connectivity index (χ2v) is 10.2. The van der Waals surface area contributed by atoms with E-state index in [0.29, 0.717) is 12.0 Å². The molecule has 0 fully saturated rings. The molecule has 0 bridgehead atoms. The van der Waals surface area contributed by atoms with Gasteiger partial charge in [-0.2, -0.15) is 13.2 Å². The number of benzene rings is 2. The van der Waals surface area contributed by atoms with Gasteiger partial charge >= 0.3 is 24.1 Å². The maximum Gasteiger partial charge on any atom is 0.573 e. The second-order valence-electron chi connectivity index (χ2n) is 10.2. The van der Waals surface area contributed by atoms with Crippen LogP contribution in [0.1, 0.15) is 45.6 Å². The number of carbonyl (C=O) groups excluding carboxylic acids is 1. The van der Waals surface area contributed by atoms with Gasteiger partial charge in [-0.05, 0) is 56.5 Å². The summed E-state index contributed by atoms with van der Waals surface area (Å²) in [6, 6.07) is 9.39. The minimum absolute atomic E-state index is 0.0654. The number of ether oxygens (including phenoxy) is 3. The zero-order valence-electron chi connectivity index (χ0n) is 23.2. The summed E-state index contributed by atoms with van der Waals surface area (Å²) in [5, 5.41) is 0.274. The molecule has 0 saturated heterocycles. The summed E-state index contributed by atoms with van der Waals surface area (Å²) < 4.78 is 100. The van der Waals surface area contributed by atoms with E-state index < -0.39 is 48.5 Å². The summed E-state index contributed by atoms with van der Waals surface area (Å²) in [4.78, 5) is 24.5. The molecule has 0 radical (unpaired) electrons. The number of aryl methyl sites for hydroxylation is 1. The summed E-state index contributed by atoms with van der Waals surface area (Å²) in [6.45, 7) is 5.50. The van der Waals surface area contributed by atoms with Gasteiger partial charge in [0.1, 0.15) is 35.7 Å². The van der Waals surface area contributed by atoms with E-state index in [1.807, 2.05) is 6.92 Å². The van der Waals surface area contributed by atoms with Crippen molar-refractivity contribution in [2.24, 2.45) is 5.41 Å². The normalized spacial score (nSPS) is 13.5. The lowest BCUT2D eigenvalue weighted by atomic mass is 9.92. The number of carbonyl (C=O) groups is 1. The number of unbranched alkanes of at least 4 members (excludes halogenated alkanes) is 2. The first-order valence-corrected chi connectivity index (χ1v) is 13.0. The third-order valence-corrected chi connectivity index (χ3v) is 6.45. The maximum atomic E-state index is 13.8. The number of hydrogen-bond donors (Lipinski definition) is 0. The first-order chi connectivity index (χ1) is 19.5. The Morgan fingerprint density at radius 2 is 1.67 bits per heavy atom. The van der Waals surface area contributed by atoms with E-state index in [1.54, 1.807) is 6.07 Å². The fourth-order valence-corrected chi connectivity index (χ4v) is 3.90. The molecule has 1 aromatic heterocycles. The van der Waals surface area contributed by atoms with Crippen molar-refractivity contribution >= 4 is 16.9 Å². The Morgan fingerprint density at radius 3 is 2.29 bits per heavy atom. The molecule has 1 unspecified atom stereocenters. The largest absolute Gasteiger partial charge is 0.573 e. The summed E-state index contributed by atoms with van der Waals surface area (Å²) in [7, 11) is 0. The average Bonchev–Trinajstić information content (AvgIpc) is 2.89. The van der Waals surface area contributed by atoms with Gasteiger partial charge in [-0.15, -0.1) is 13.2 Å². The molecule has 0 N–H and O–H groups in total. The molecule has 0 aliphatic rings. The highest BCUT2D eigenvalue weighted by atomic mass is 19.4. The molecule has 228 valence electrons. The third kappa shape index (κ3) is 8.29. The van der Waals surface area contributed by atoms with Crippen LogP contribution in [0.4, 0.5) is 26.3 Å². The molecule has 3 rings (SSSR count). The van der Waals surface area contributed by atoms with Gasteiger partial charge in [-0.25, -0.2) is 9.59 Å². The SMILES string of the molecule is C=C(C)C(=O)OCC(C)(COc1ccc2cc(-c3ccc(CCCCC)cc3OC(F)(F)F)c(=O)oc2c1)C(F)(F)F. The highest BCUT2D eigenvalue weighted by molar-refractivity contribution is 5.87. The molecular weight excluding hydrogens is 570 g/mol. The molecule has 0 aliphatic carbocycles. The zero-order valence-corrected chi connectivity index (χ0v) is 23.2. The molecule has 0 saturated carbocycles. The van der Waals surface area contributed by atoms with E-state index in [-0.39, 0.29) is 33.4 Å². The number of fused-ring (bicyclic) bond motifs is 1. The van der Waals surface area contributed by atoms with Crippen molar-refractivity contribution in [3.63, 3.8) is 0 Å². The Labute approximate surface area is 237 Å². The maximum absolute atomic E-state index is 13.8. The van der Waals surface area contributed by atoms with Crippen molar-refractivity contribution in [3.05, 3.63) is 70.6 Å². The topological polar surface area (TPSA) is 75.0 Å². The Hall–Kier alpha value is -3.96. The second kappa shape index (κ2) is 12.9. The lowest BCUT2D eigenvalue weighted by molar-refractivity contribution is -0.274. The molecule has 1 heterocycles. The molecule has 1 atom stereocenters. The van der Waals surface area contributed by atoms with Crippen molar-refractivity contribution in [2.45, 2.75) is 59.0 Å². The van der Waals surface area contributed by atoms with Gasteiger partial charge < -0.3 is 18.6 Å². The van der Waals surface area contributed by atoms with Gasteiger partial charge in [-0.1, -0.05) is 38.5 Å². The molecule has 0 amide bonds. The first-order valence-electron chi connectivity index (χ1n) is 13.0. The van der Waals surface area contributed by atoms with Crippen LogP contribution in [0.5, 0.6) is 11.5 Å². The fourth-order valence-electron chi connectivity index (χ4n) is 3.90. The number of rotatable bonds is 12. The summed E-state index contributed by atoms with van der Waals surface area (Å²) in [5.41, 5.74) is -3.42. The van der Waals surface area contributed by atoms with Crippen LogP contribution >= 0.6 is 0 Å². The van der Waals surface area contributed by atoms with Gasteiger partial charge in [0.15, 0.2) is 0 Å². The van der Waals surface area contributed by atoms with Gasteiger partial charge in [0.2, 0.25) is 0 Å². The third-order valence-electron chi connectivity index (χ3n) is 6.45. The molecule has 12 heteroatoms. The van der Waals surface area contributed by atoms with Crippen LogP contribution < -0.4 is 15.1 Å².